The van der Waals surface area contributed by atoms with E-state index in [4.69, 9.17) is 11.6 Å². The van der Waals surface area contributed by atoms with E-state index in [0.29, 0.717) is 0 Å². The van der Waals surface area contributed by atoms with Crippen LogP contribution in [0.2, 0.25) is 5.02 Å². The molecule has 39 valence electrons. The molecule has 0 aromatic heterocycles. The first kappa shape index (κ1) is 6.43. The van der Waals surface area contributed by atoms with Crippen molar-refractivity contribution in [3.05, 3.63) is 29.3 Å². The molecule has 0 spiro atoms. The Balaban J connectivity index is 3.08. The third kappa shape index (κ3) is 1.67. The summed E-state index contributed by atoms with van der Waals surface area (Å²) in [6.45, 7) is 0. The van der Waals surface area contributed by atoms with Gasteiger partial charge in [0.2, 0.25) is 0 Å². The second-order valence-corrected chi connectivity index (χ2v) is 3.59. The van der Waals surface area contributed by atoms with Crippen LogP contribution < -0.4 is 3.58 Å². The van der Waals surface area contributed by atoms with Crippen molar-refractivity contribution < 1.29 is 0 Å². The zero-order chi connectivity index (χ0) is 5.98. The summed E-state index contributed by atoms with van der Waals surface area (Å²) < 4.78 is 1.30. The summed E-state index contributed by atoms with van der Waals surface area (Å²) in [7, 11) is 0. The molecule has 0 fully saturated rings. The molecule has 0 nitrogen and oxygen atoms in total. The summed E-state index contributed by atoms with van der Waals surface area (Å²) in [4.78, 5) is 0. The van der Waals surface area contributed by atoms with E-state index in [0.717, 1.165) is 5.02 Å². The molecule has 1 aromatic rings. The number of halogens is 1. The minimum absolute atomic E-state index is 0.833. The molecule has 0 amide bonds. The average Bonchev–Trinajstić information content (AvgIpc) is 1.64. The summed E-state index contributed by atoms with van der Waals surface area (Å²) in [6.07, 6.45) is 0. The van der Waals surface area contributed by atoms with Gasteiger partial charge < -0.3 is 0 Å². The van der Waals surface area contributed by atoms with E-state index in [-0.39, 0.29) is 0 Å². The van der Waals surface area contributed by atoms with Crippen LogP contribution in [-0.2, 0) is 0 Å². The van der Waals surface area contributed by atoms with E-state index in [1.54, 1.807) is 0 Å². The molecule has 0 N–H and O–H groups in total. The van der Waals surface area contributed by atoms with Crippen molar-refractivity contribution in [2.45, 2.75) is 0 Å². The Labute approximate surface area is 66.9 Å². The Bertz CT molecular complexity index is 168. The zero-order valence-corrected chi connectivity index (χ0v) is 7.80. The van der Waals surface area contributed by atoms with Crippen LogP contribution >= 0.6 is 11.6 Å². The number of hydrogen-bond donors (Lipinski definition) is 0. The second-order valence-electron chi connectivity index (χ2n) is 1.51. The Hall–Kier alpha value is 0.309. The molecule has 1 rings (SSSR count). The van der Waals surface area contributed by atoms with Crippen LogP contribution in [-0.4, -0.2) is 22.5 Å². The van der Waals surface area contributed by atoms with Crippen LogP contribution in [0.5, 0.6) is 0 Å². The molecule has 0 heterocycles. The maximum atomic E-state index is 5.66. The number of benzene rings is 1. The molecule has 0 unspecified atom stereocenters. The van der Waals surface area contributed by atoms with Gasteiger partial charge in [-0.1, -0.05) is 0 Å². The summed E-state index contributed by atoms with van der Waals surface area (Å²) in [5.41, 5.74) is 0. The fraction of sp³-hybridized carbons (Fsp3) is 0. The quantitative estimate of drug-likeness (QED) is 0.586. The normalized spacial score (nSPS) is 9.25. The van der Waals surface area contributed by atoms with Crippen LogP contribution in [0.25, 0.3) is 0 Å². The van der Waals surface area contributed by atoms with E-state index in [9.17, 15) is 0 Å². The van der Waals surface area contributed by atoms with Gasteiger partial charge >= 0.3 is 67.0 Å². The molecule has 0 saturated carbocycles. The van der Waals surface area contributed by atoms with Gasteiger partial charge in [0.25, 0.3) is 0 Å². The van der Waals surface area contributed by atoms with Crippen LogP contribution in [0.4, 0.5) is 0 Å². The Morgan fingerprint density at radius 1 is 1.38 bits per heavy atom. The molecule has 0 atom stereocenters. The Kier molecular flexibility index (Phi) is 2.20. The molecule has 3 radical (unpaired) electrons. The van der Waals surface area contributed by atoms with Gasteiger partial charge in [-0.3, -0.25) is 0 Å². The molecule has 8 heavy (non-hydrogen) atoms. The van der Waals surface area contributed by atoms with Crippen molar-refractivity contribution in [1.29, 1.82) is 0 Å². The van der Waals surface area contributed by atoms with Crippen molar-refractivity contribution in [3.63, 3.8) is 0 Å². The average molecular weight is 230 g/mol. The Morgan fingerprint density at radius 3 is 2.50 bits per heavy atom. The molecule has 0 saturated heterocycles. The SMILES string of the molecule is Clc1ccc[c]([Sn])c1. The predicted molar refractivity (Wildman–Crippen MR) is 36.8 cm³/mol. The van der Waals surface area contributed by atoms with Crippen LogP contribution in [0, 0.1) is 0 Å². The van der Waals surface area contributed by atoms with Gasteiger partial charge in [-0.15, -0.1) is 0 Å². The van der Waals surface area contributed by atoms with Gasteiger partial charge in [0, 0.05) is 0 Å². The molecular weight excluding hydrogens is 226 g/mol. The fourth-order valence-corrected chi connectivity index (χ4v) is 1.66. The zero-order valence-electron chi connectivity index (χ0n) is 4.19. The summed E-state index contributed by atoms with van der Waals surface area (Å²) >= 11 is 7.08. The van der Waals surface area contributed by atoms with Gasteiger partial charge in [-0.25, -0.2) is 0 Å². The number of rotatable bonds is 0. The summed E-state index contributed by atoms with van der Waals surface area (Å²) in [6, 6.07) is 7.88. The summed E-state index contributed by atoms with van der Waals surface area (Å²) in [5, 5.41) is 0.833. The predicted octanol–water partition coefficient (Wildman–Crippen LogP) is 1.13. The van der Waals surface area contributed by atoms with Gasteiger partial charge in [-0.2, -0.15) is 0 Å². The fourth-order valence-electron chi connectivity index (χ4n) is 0.488. The van der Waals surface area contributed by atoms with Gasteiger partial charge in [0.1, 0.15) is 0 Å². The first-order valence-corrected chi connectivity index (χ1v) is 4.07. The van der Waals surface area contributed by atoms with E-state index in [1.165, 1.54) is 26.1 Å². The monoisotopic (exact) mass is 231 g/mol. The molecule has 0 aliphatic heterocycles. The maximum absolute atomic E-state index is 5.66. The standard InChI is InChI=1S/C6H4Cl.Sn/c7-6-4-2-1-3-5-6;/h1-2,4-5H;. The topological polar surface area (TPSA) is 0 Å². The van der Waals surface area contributed by atoms with Crippen molar-refractivity contribution in [2.75, 3.05) is 0 Å². The summed E-state index contributed by atoms with van der Waals surface area (Å²) in [5.74, 6) is 0. The van der Waals surface area contributed by atoms with Gasteiger partial charge in [-0.05, 0) is 0 Å². The molecule has 1 aromatic carbocycles. The van der Waals surface area contributed by atoms with Crippen LogP contribution in [0.15, 0.2) is 24.3 Å². The van der Waals surface area contributed by atoms with Crippen LogP contribution in [0.1, 0.15) is 0 Å². The second kappa shape index (κ2) is 2.74. The van der Waals surface area contributed by atoms with Gasteiger partial charge in [0.05, 0.1) is 0 Å². The van der Waals surface area contributed by atoms with Crippen molar-refractivity contribution in [3.8, 4) is 0 Å². The van der Waals surface area contributed by atoms with E-state index >= 15 is 0 Å². The van der Waals surface area contributed by atoms with E-state index < -0.39 is 0 Å². The first-order valence-electron chi connectivity index (χ1n) is 2.26. The molecule has 0 bridgehead atoms. The van der Waals surface area contributed by atoms with Gasteiger partial charge in [0.15, 0.2) is 0 Å². The molecule has 2 heteroatoms. The van der Waals surface area contributed by atoms with E-state index in [2.05, 4.69) is 6.07 Å². The van der Waals surface area contributed by atoms with Crippen LogP contribution in [0.3, 0.4) is 0 Å². The first-order chi connectivity index (χ1) is 3.79. The third-order valence-electron chi connectivity index (χ3n) is 0.825. The van der Waals surface area contributed by atoms with Crippen molar-refractivity contribution in [2.24, 2.45) is 0 Å². The molecule has 0 aliphatic carbocycles. The molecule has 0 aliphatic rings. The third-order valence-corrected chi connectivity index (χ3v) is 1.95. The molecular formula is C6H4ClSn. The Morgan fingerprint density at radius 2 is 2.12 bits per heavy atom. The van der Waals surface area contributed by atoms with Crippen molar-refractivity contribution >= 4 is 37.7 Å². The number of hydrogen-bond acceptors (Lipinski definition) is 0. The minimum atomic E-state index is 0.833. The van der Waals surface area contributed by atoms with Crippen molar-refractivity contribution in [1.82, 2.24) is 0 Å². The van der Waals surface area contributed by atoms with E-state index in [1.807, 2.05) is 18.2 Å².